The summed E-state index contributed by atoms with van der Waals surface area (Å²) in [6.45, 7) is 4.65. The van der Waals surface area contributed by atoms with E-state index in [1.165, 1.54) is 18.2 Å². The molecule has 6 nitrogen and oxygen atoms in total. The number of aryl methyl sites for hydroxylation is 2. The predicted molar refractivity (Wildman–Crippen MR) is 94.4 cm³/mol. The van der Waals surface area contributed by atoms with E-state index in [0.29, 0.717) is 41.4 Å². The minimum atomic E-state index is -0.446. The maximum atomic E-state index is 13.4. The zero-order valence-corrected chi connectivity index (χ0v) is 15.3. The highest BCUT2D eigenvalue weighted by atomic mass is 19.1. The summed E-state index contributed by atoms with van der Waals surface area (Å²) < 4.78 is 24.5. The van der Waals surface area contributed by atoms with E-state index in [-0.39, 0.29) is 30.1 Å². The van der Waals surface area contributed by atoms with Crippen LogP contribution in [0.2, 0.25) is 0 Å². The van der Waals surface area contributed by atoms with Crippen LogP contribution in [0, 0.1) is 25.6 Å². The van der Waals surface area contributed by atoms with Crippen LogP contribution in [0.1, 0.15) is 51.4 Å². The van der Waals surface area contributed by atoms with Crippen LogP contribution in [-0.2, 0) is 0 Å². The van der Waals surface area contributed by atoms with Crippen molar-refractivity contribution in [3.05, 3.63) is 46.6 Å². The molecule has 0 aliphatic carbocycles. The number of halogens is 1. The highest BCUT2D eigenvalue weighted by Gasteiger charge is 2.37. The Kier molecular flexibility index (Phi) is 4.45. The zero-order chi connectivity index (χ0) is 19.1. The molecular formula is C20H21FN2O4. The normalized spacial score (nSPS) is 22.3. The third kappa shape index (κ3) is 3.22. The average molecular weight is 372 g/mol. The highest BCUT2D eigenvalue weighted by Crippen LogP contribution is 2.34. The fraction of sp³-hybridized carbons (Fsp3) is 0.450. The molecule has 0 N–H and O–H groups in total. The van der Waals surface area contributed by atoms with E-state index in [0.717, 1.165) is 12.8 Å². The molecule has 142 valence electrons. The molecule has 2 atom stereocenters. The van der Waals surface area contributed by atoms with Crippen molar-refractivity contribution in [2.45, 2.75) is 39.2 Å². The van der Waals surface area contributed by atoms with E-state index in [1.54, 1.807) is 18.7 Å². The number of piperidine rings is 1. The molecule has 2 unspecified atom stereocenters. The molecule has 2 aromatic rings. The van der Waals surface area contributed by atoms with Crippen molar-refractivity contribution in [3.63, 3.8) is 0 Å². The molecule has 0 spiro atoms. The Hall–Kier alpha value is -2.70. The number of Topliss-reactive ketones (excluding diaryl/α,β-unsaturated/α-hetero) is 1. The van der Waals surface area contributed by atoms with Gasteiger partial charge in [-0.05, 0) is 44.9 Å². The van der Waals surface area contributed by atoms with Crippen LogP contribution >= 0.6 is 0 Å². The fourth-order valence-corrected chi connectivity index (χ4v) is 4.03. The summed E-state index contributed by atoms with van der Waals surface area (Å²) in [5, 5.41) is 3.86. The number of carbonyl (C=O) groups excluding carboxylic acids is 2. The molecule has 27 heavy (non-hydrogen) atoms. The molecule has 1 fully saturated rings. The van der Waals surface area contributed by atoms with E-state index in [2.05, 4.69) is 5.16 Å². The number of aromatic nitrogens is 1. The van der Waals surface area contributed by atoms with E-state index in [9.17, 15) is 14.0 Å². The van der Waals surface area contributed by atoms with Crippen molar-refractivity contribution in [2.24, 2.45) is 5.92 Å². The molecule has 0 bridgehead atoms. The molecule has 1 saturated heterocycles. The second-order valence-corrected chi connectivity index (χ2v) is 7.28. The van der Waals surface area contributed by atoms with Gasteiger partial charge in [-0.15, -0.1) is 0 Å². The molecule has 2 aliphatic heterocycles. The molecule has 0 saturated carbocycles. The van der Waals surface area contributed by atoms with Crippen molar-refractivity contribution in [1.82, 2.24) is 10.1 Å². The Labute approximate surface area is 156 Å². The Balaban J connectivity index is 1.51. The van der Waals surface area contributed by atoms with Crippen molar-refractivity contribution in [1.29, 1.82) is 0 Å². The lowest BCUT2D eigenvalue weighted by Gasteiger charge is -2.38. The Morgan fingerprint density at radius 1 is 1.33 bits per heavy atom. The lowest BCUT2D eigenvalue weighted by Crippen LogP contribution is -2.46. The average Bonchev–Trinajstić information content (AvgIpc) is 3.00. The number of benzene rings is 1. The number of likely N-dealkylation sites (tertiary alicyclic amines) is 1. The van der Waals surface area contributed by atoms with Gasteiger partial charge in [-0.1, -0.05) is 5.16 Å². The van der Waals surface area contributed by atoms with Crippen molar-refractivity contribution in [3.8, 4) is 5.75 Å². The molecule has 3 heterocycles. The molecular weight excluding hydrogens is 351 g/mol. The second-order valence-electron chi connectivity index (χ2n) is 7.28. The van der Waals surface area contributed by atoms with E-state index < -0.39 is 5.82 Å². The Morgan fingerprint density at radius 2 is 2.15 bits per heavy atom. The first-order valence-electron chi connectivity index (χ1n) is 9.15. The number of nitrogens with zero attached hydrogens (tertiary/aromatic N) is 2. The number of ketones is 1. The van der Waals surface area contributed by atoms with Crippen molar-refractivity contribution in [2.75, 3.05) is 13.1 Å². The minimum absolute atomic E-state index is 0.0466. The van der Waals surface area contributed by atoms with Crippen LogP contribution < -0.4 is 4.74 Å². The largest absolute Gasteiger partial charge is 0.489 e. The lowest BCUT2D eigenvalue weighted by molar-refractivity contribution is 0.0407. The van der Waals surface area contributed by atoms with Crippen LogP contribution in [-0.4, -0.2) is 40.9 Å². The van der Waals surface area contributed by atoms with Gasteiger partial charge in [0.05, 0.1) is 11.3 Å². The third-order valence-corrected chi connectivity index (χ3v) is 5.43. The number of fused-ring (bicyclic) bond motifs is 1. The van der Waals surface area contributed by atoms with Crippen molar-refractivity contribution >= 4 is 11.7 Å². The maximum absolute atomic E-state index is 13.4. The van der Waals surface area contributed by atoms with Gasteiger partial charge in [-0.2, -0.15) is 0 Å². The topological polar surface area (TPSA) is 72.6 Å². The molecule has 0 radical (unpaired) electrons. The molecule has 1 amide bonds. The summed E-state index contributed by atoms with van der Waals surface area (Å²) in [7, 11) is 0. The van der Waals surface area contributed by atoms with Gasteiger partial charge >= 0.3 is 0 Å². The minimum Gasteiger partial charge on any atom is -0.489 e. The number of hydrogen-bond donors (Lipinski definition) is 0. The predicted octanol–water partition coefficient (Wildman–Crippen LogP) is 3.32. The maximum Gasteiger partial charge on any atom is 0.259 e. The van der Waals surface area contributed by atoms with Gasteiger partial charge in [0.25, 0.3) is 5.91 Å². The van der Waals surface area contributed by atoms with Gasteiger partial charge in [0.15, 0.2) is 5.78 Å². The van der Waals surface area contributed by atoms with E-state index in [1.807, 2.05) is 0 Å². The standard InChI is InChI=1S/C20H21FN2O4/c1-11-19(12(2)27-22-11)20(25)23-7-3-4-13(10-23)18-9-16(24)15-8-14(21)5-6-17(15)26-18/h5-6,8,13,18H,3-4,7,9-10H2,1-2H3. The van der Waals surface area contributed by atoms with Gasteiger partial charge < -0.3 is 14.2 Å². The molecule has 2 aliphatic rings. The van der Waals surface area contributed by atoms with Crippen LogP contribution in [0.3, 0.4) is 0 Å². The van der Waals surface area contributed by atoms with Crippen LogP contribution in [0.5, 0.6) is 5.75 Å². The summed E-state index contributed by atoms with van der Waals surface area (Å²) in [5.74, 6) is 0.324. The van der Waals surface area contributed by atoms with Gasteiger partial charge in [0.1, 0.15) is 29.0 Å². The van der Waals surface area contributed by atoms with E-state index in [4.69, 9.17) is 9.26 Å². The van der Waals surface area contributed by atoms with Crippen LogP contribution in [0.4, 0.5) is 4.39 Å². The van der Waals surface area contributed by atoms with Gasteiger partial charge in [0.2, 0.25) is 0 Å². The van der Waals surface area contributed by atoms with Gasteiger partial charge in [0, 0.05) is 25.4 Å². The van der Waals surface area contributed by atoms with Crippen molar-refractivity contribution < 1.29 is 23.2 Å². The van der Waals surface area contributed by atoms with Crippen LogP contribution in [0.25, 0.3) is 0 Å². The summed E-state index contributed by atoms with van der Waals surface area (Å²) in [4.78, 5) is 27.1. The van der Waals surface area contributed by atoms with E-state index >= 15 is 0 Å². The Bertz CT molecular complexity index is 888. The first-order valence-corrected chi connectivity index (χ1v) is 9.15. The van der Waals surface area contributed by atoms with Crippen LogP contribution in [0.15, 0.2) is 22.7 Å². The molecule has 1 aromatic carbocycles. The first kappa shape index (κ1) is 17.7. The number of rotatable bonds is 2. The smallest absolute Gasteiger partial charge is 0.259 e. The quantitative estimate of drug-likeness (QED) is 0.809. The molecule has 7 heteroatoms. The number of hydrogen-bond acceptors (Lipinski definition) is 5. The summed E-state index contributed by atoms with van der Waals surface area (Å²) in [6.07, 6.45) is 1.61. The zero-order valence-electron chi connectivity index (χ0n) is 15.3. The summed E-state index contributed by atoms with van der Waals surface area (Å²) in [5.41, 5.74) is 1.39. The third-order valence-electron chi connectivity index (χ3n) is 5.43. The Morgan fingerprint density at radius 3 is 2.89 bits per heavy atom. The molecule has 4 rings (SSSR count). The number of ether oxygens (including phenoxy) is 1. The highest BCUT2D eigenvalue weighted by molar-refractivity contribution is 6.00. The molecule has 1 aromatic heterocycles. The fourth-order valence-electron chi connectivity index (χ4n) is 4.03. The van der Waals surface area contributed by atoms with Gasteiger partial charge in [-0.25, -0.2) is 4.39 Å². The lowest BCUT2D eigenvalue weighted by atomic mass is 9.86. The summed E-state index contributed by atoms with van der Waals surface area (Å²) >= 11 is 0. The first-order chi connectivity index (χ1) is 12.9. The second kappa shape index (κ2) is 6.79. The van der Waals surface area contributed by atoms with Gasteiger partial charge in [-0.3, -0.25) is 9.59 Å². The number of amides is 1. The SMILES string of the molecule is Cc1noc(C)c1C(=O)N1CCCC(C2CC(=O)c3cc(F)ccc3O2)C1. The summed E-state index contributed by atoms with van der Waals surface area (Å²) in [6, 6.07) is 4.02. The monoisotopic (exact) mass is 372 g/mol. The number of carbonyl (C=O) groups is 2.